The summed E-state index contributed by atoms with van der Waals surface area (Å²) in [5, 5.41) is 5.07. The van der Waals surface area contributed by atoms with Gasteiger partial charge in [-0.05, 0) is 61.9 Å². The number of hydrogen-bond donors (Lipinski definition) is 2. The van der Waals surface area contributed by atoms with E-state index in [1.807, 2.05) is 50.2 Å². The number of aromatic nitrogens is 1. The van der Waals surface area contributed by atoms with Crippen LogP contribution in [0, 0.1) is 19.7 Å². The minimum atomic E-state index is -0.568. The highest BCUT2D eigenvalue weighted by atomic mass is 19.1. The molecule has 6 heteroatoms. The molecule has 0 aliphatic carbocycles. The first-order chi connectivity index (χ1) is 13.8. The smallest absolute Gasteiger partial charge is 0.248 e. The molecule has 3 rings (SSSR count). The third-order valence-corrected chi connectivity index (χ3v) is 4.44. The Labute approximate surface area is 168 Å². The van der Waals surface area contributed by atoms with E-state index in [9.17, 15) is 14.0 Å². The monoisotopic (exact) mass is 391 g/mol. The van der Waals surface area contributed by atoms with E-state index in [1.165, 1.54) is 31.2 Å². The molecular weight excluding hydrogens is 369 g/mol. The summed E-state index contributed by atoms with van der Waals surface area (Å²) in [6, 6.07) is 16.0. The van der Waals surface area contributed by atoms with E-state index >= 15 is 0 Å². The van der Waals surface area contributed by atoms with E-state index in [4.69, 9.17) is 0 Å². The highest BCUT2D eigenvalue weighted by Gasteiger charge is 2.10. The third-order valence-electron chi connectivity index (χ3n) is 4.44. The molecule has 0 unspecified atom stereocenters. The molecule has 0 aliphatic heterocycles. The fourth-order valence-corrected chi connectivity index (χ4v) is 3.17. The zero-order valence-electron chi connectivity index (χ0n) is 16.5. The van der Waals surface area contributed by atoms with Crippen molar-refractivity contribution in [3.05, 3.63) is 83.4 Å². The summed E-state index contributed by atoms with van der Waals surface area (Å²) in [6.45, 7) is 5.30. The average molecular weight is 391 g/mol. The molecule has 29 heavy (non-hydrogen) atoms. The van der Waals surface area contributed by atoms with Gasteiger partial charge >= 0.3 is 0 Å². The lowest BCUT2D eigenvalue weighted by Gasteiger charge is -2.09. The molecule has 2 amide bonds. The Hall–Kier alpha value is -3.67. The minimum absolute atomic E-state index is 0.0192. The molecule has 0 saturated heterocycles. The van der Waals surface area contributed by atoms with Crippen LogP contribution in [-0.2, 0) is 9.59 Å². The van der Waals surface area contributed by atoms with Gasteiger partial charge in [-0.1, -0.05) is 18.2 Å². The Bertz CT molecular complexity index is 1090. The molecule has 0 bridgehead atoms. The van der Waals surface area contributed by atoms with Gasteiger partial charge in [-0.2, -0.15) is 0 Å². The summed E-state index contributed by atoms with van der Waals surface area (Å²) in [7, 11) is 0. The highest BCUT2D eigenvalue weighted by molar-refractivity contribution is 6.02. The van der Waals surface area contributed by atoms with E-state index in [2.05, 4.69) is 15.2 Å². The van der Waals surface area contributed by atoms with Crippen LogP contribution < -0.4 is 10.6 Å². The van der Waals surface area contributed by atoms with Crippen LogP contribution in [0.2, 0.25) is 0 Å². The van der Waals surface area contributed by atoms with Crippen LogP contribution in [0.25, 0.3) is 11.8 Å². The number of para-hydroxylation sites is 1. The van der Waals surface area contributed by atoms with Crippen molar-refractivity contribution in [2.24, 2.45) is 0 Å². The SMILES string of the molecule is CC(=O)Nc1cc(NC(=O)/C=C/c2cc(C)n(-c3ccccc3)c2C)ccc1F. The maximum absolute atomic E-state index is 13.7. The predicted octanol–water partition coefficient (Wildman–Crippen LogP) is 4.84. The van der Waals surface area contributed by atoms with Crippen LogP contribution in [0.3, 0.4) is 0 Å². The fraction of sp³-hybridized carbons (Fsp3) is 0.130. The van der Waals surface area contributed by atoms with Crippen molar-refractivity contribution in [2.75, 3.05) is 10.6 Å². The maximum atomic E-state index is 13.7. The Morgan fingerprint density at radius 2 is 1.72 bits per heavy atom. The van der Waals surface area contributed by atoms with Crippen LogP contribution in [-0.4, -0.2) is 16.4 Å². The lowest BCUT2D eigenvalue weighted by molar-refractivity contribution is -0.114. The van der Waals surface area contributed by atoms with Gasteiger partial charge < -0.3 is 15.2 Å². The summed E-state index contributed by atoms with van der Waals surface area (Å²) in [5.41, 5.74) is 4.48. The second kappa shape index (κ2) is 8.56. The molecular formula is C23H22FN3O2. The lowest BCUT2D eigenvalue weighted by Crippen LogP contribution is -2.10. The Morgan fingerprint density at radius 3 is 2.41 bits per heavy atom. The summed E-state index contributed by atoms with van der Waals surface area (Å²) in [6.07, 6.45) is 3.17. The van der Waals surface area contributed by atoms with Crippen molar-refractivity contribution in [3.63, 3.8) is 0 Å². The second-order valence-corrected chi connectivity index (χ2v) is 6.70. The van der Waals surface area contributed by atoms with Gasteiger partial charge in [-0.15, -0.1) is 0 Å². The van der Waals surface area contributed by atoms with Crippen LogP contribution in [0.4, 0.5) is 15.8 Å². The Kier molecular flexibility index (Phi) is 5.93. The van der Waals surface area contributed by atoms with Crippen molar-refractivity contribution >= 4 is 29.3 Å². The van der Waals surface area contributed by atoms with Crippen molar-refractivity contribution in [3.8, 4) is 5.69 Å². The zero-order valence-corrected chi connectivity index (χ0v) is 16.5. The van der Waals surface area contributed by atoms with Gasteiger partial charge in [0.2, 0.25) is 11.8 Å². The number of amides is 2. The van der Waals surface area contributed by atoms with Gasteiger partial charge in [-0.3, -0.25) is 9.59 Å². The first kappa shape index (κ1) is 20.1. The molecule has 1 aromatic heterocycles. The van der Waals surface area contributed by atoms with Gasteiger partial charge in [0.15, 0.2) is 0 Å². The fourth-order valence-electron chi connectivity index (χ4n) is 3.17. The standard InChI is InChI=1S/C23H22FN3O2/c1-15-13-18(16(2)27(15)20-7-5-4-6-8-20)9-12-23(29)26-19-10-11-21(24)22(14-19)25-17(3)28/h4-14H,1-3H3,(H,25,28)(H,26,29)/b12-9+. The number of nitrogens with one attached hydrogen (secondary N) is 2. The first-order valence-electron chi connectivity index (χ1n) is 9.15. The molecule has 0 radical (unpaired) electrons. The van der Waals surface area contributed by atoms with Gasteiger partial charge in [0.1, 0.15) is 5.82 Å². The molecule has 2 N–H and O–H groups in total. The maximum Gasteiger partial charge on any atom is 0.248 e. The summed E-state index contributed by atoms with van der Waals surface area (Å²) >= 11 is 0. The van der Waals surface area contributed by atoms with Crippen molar-refractivity contribution in [1.82, 2.24) is 4.57 Å². The van der Waals surface area contributed by atoms with E-state index in [0.29, 0.717) is 5.69 Å². The van der Waals surface area contributed by atoms with Crippen LogP contribution in [0.1, 0.15) is 23.9 Å². The molecule has 0 spiro atoms. The number of nitrogens with zero attached hydrogens (tertiary/aromatic N) is 1. The largest absolute Gasteiger partial charge is 0.324 e. The number of carbonyl (C=O) groups excluding carboxylic acids is 2. The summed E-state index contributed by atoms with van der Waals surface area (Å²) in [5.74, 6) is -1.31. The van der Waals surface area contributed by atoms with Crippen molar-refractivity contribution < 1.29 is 14.0 Å². The van der Waals surface area contributed by atoms with Crippen molar-refractivity contribution in [2.45, 2.75) is 20.8 Å². The molecule has 2 aromatic carbocycles. The van der Waals surface area contributed by atoms with Crippen molar-refractivity contribution in [1.29, 1.82) is 0 Å². The van der Waals surface area contributed by atoms with Crippen LogP contribution >= 0.6 is 0 Å². The third kappa shape index (κ3) is 4.79. The molecule has 0 fully saturated rings. The van der Waals surface area contributed by atoms with Crippen LogP contribution in [0.15, 0.2) is 60.7 Å². The predicted molar refractivity (Wildman–Crippen MR) is 114 cm³/mol. The number of carbonyl (C=O) groups is 2. The molecule has 1 heterocycles. The van der Waals surface area contributed by atoms with E-state index < -0.39 is 5.82 Å². The molecule has 5 nitrogen and oxygen atoms in total. The minimum Gasteiger partial charge on any atom is -0.324 e. The topological polar surface area (TPSA) is 63.1 Å². The number of aryl methyl sites for hydroxylation is 1. The number of halogens is 1. The van der Waals surface area contributed by atoms with E-state index in [0.717, 1.165) is 22.6 Å². The van der Waals surface area contributed by atoms with Crippen LogP contribution in [0.5, 0.6) is 0 Å². The van der Waals surface area contributed by atoms with Gasteiger partial charge in [-0.25, -0.2) is 4.39 Å². The highest BCUT2D eigenvalue weighted by Crippen LogP contribution is 2.22. The number of anilines is 2. The molecule has 3 aromatic rings. The molecule has 0 atom stereocenters. The molecule has 148 valence electrons. The molecule has 0 aliphatic rings. The van der Waals surface area contributed by atoms with Gasteiger partial charge in [0.05, 0.1) is 5.69 Å². The summed E-state index contributed by atoms with van der Waals surface area (Å²) < 4.78 is 15.8. The average Bonchev–Trinajstić information content (AvgIpc) is 2.96. The van der Waals surface area contributed by atoms with E-state index in [-0.39, 0.29) is 17.5 Å². The lowest BCUT2D eigenvalue weighted by atomic mass is 10.2. The number of rotatable bonds is 5. The number of hydrogen-bond acceptors (Lipinski definition) is 2. The van der Waals surface area contributed by atoms with Gasteiger partial charge in [0.25, 0.3) is 0 Å². The van der Waals surface area contributed by atoms with Gasteiger partial charge in [0, 0.05) is 35.8 Å². The zero-order chi connectivity index (χ0) is 21.0. The van der Waals surface area contributed by atoms with E-state index in [1.54, 1.807) is 6.08 Å². The second-order valence-electron chi connectivity index (χ2n) is 6.70. The number of benzene rings is 2. The molecule has 0 saturated carbocycles. The normalized spacial score (nSPS) is 10.9. The summed E-state index contributed by atoms with van der Waals surface area (Å²) in [4.78, 5) is 23.4. The Balaban J connectivity index is 1.76. The first-order valence-corrected chi connectivity index (χ1v) is 9.15. The quantitative estimate of drug-likeness (QED) is 0.611. The Morgan fingerprint density at radius 1 is 1.00 bits per heavy atom.